The number of carbonyl (C=O) groups is 3. The van der Waals surface area contributed by atoms with Crippen LogP contribution in [0.2, 0.25) is 5.02 Å². The first kappa shape index (κ1) is 22.8. The van der Waals surface area contributed by atoms with Crippen LogP contribution in [-0.2, 0) is 14.3 Å². The van der Waals surface area contributed by atoms with Gasteiger partial charge in [-0.3, -0.25) is 14.4 Å². The van der Waals surface area contributed by atoms with Crippen LogP contribution in [0.25, 0.3) is 0 Å². The largest absolute Gasteiger partial charge is 0.452 e. The number of hydrogen-bond donors (Lipinski definition) is 1. The van der Waals surface area contributed by atoms with Gasteiger partial charge in [0.25, 0.3) is 11.8 Å². The molecule has 2 amide bonds. The number of hydrogen-bond acceptors (Lipinski definition) is 5. The Morgan fingerprint density at radius 3 is 2.55 bits per heavy atom. The molecule has 0 bridgehead atoms. The van der Waals surface area contributed by atoms with Crippen molar-refractivity contribution in [1.82, 2.24) is 14.7 Å². The molecule has 0 radical (unpaired) electrons. The van der Waals surface area contributed by atoms with Gasteiger partial charge >= 0.3 is 5.97 Å². The lowest BCUT2D eigenvalue weighted by Gasteiger charge is -2.32. The summed E-state index contributed by atoms with van der Waals surface area (Å²) in [6, 6.07) is 8.43. The van der Waals surface area contributed by atoms with Crippen molar-refractivity contribution in [2.24, 2.45) is 5.92 Å². The SMILES string of the molecule is CC(C)n1nccc1NC(=O)[C@@H](C)OC(=O)[C@H]1CCCN(C(=O)c2ccc(Cl)cc2)C1. The van der Waals surface area contributed by atoms with E-state index in [0.29, 0.717) is 35.8 Å². The van der Waals surface area contributed by atoms with Gasteiger partial charge in [0, 0.05) is 35.8 Å². The summed E-state index contributed by atoms with van der Waals surface area (Å²) in [6.07, 6.45) is 1.93. The van der Waals surface area contributed by atoms with Crippen LogP contribution < -0.4 is 5.32 Å². The Morgan fingerprint density at radius 1 is 1.16 bits per heavy atom. The minimum atomic E-state index is -0.967. The van der Waals surface area contributed by atoms with Gasteiger partial charge < -0.3 is 15.0 Å². The number of aromatic nitrogens is 2. The predicted octanol–water partition coefficient (Wildman–Crippen LogP) is 3.54. The lowest BCUT2D eigenvalue weighted by Crippen LogP contribution is -2.44. The molecule has 166 valence electrons. The first-order valence-electron chi connectivity index (χ1n) is 10.4. The summed E-state index contributed by atoms with van der Waals surface area (Å²) in [6.45, 7) is 6.26. The topological polar surface area (TPSA) is 93.5 Å². The minimum Gasteiger partial charge on any atom is -0.452 e. The van der Waals surface area contributed by atoms with Gasteiger partial charge in [0.2, 0.25) is 0 Å². The van der Waals surface area contributed by atoms with Crippen molar-refractivity contribution in [3.63, 3.8) is 0 Å². The Morgan fingerprint density at radius 2 is 1.87 bits per heavy atom. The first-order chi connectivity index (χ1) is 14.8. The number of piperidine rings is 1. The number of nitrogens with one attached hydrogen (secondary N) is 1. The number of amides is 2. The summed E-state index contributed by atoms with van der Waals surface area (Å²) < 4.78 is 7.09. The van der Waals surface area contributed by atoms with Crippen molar-refractivity contribution >= 4 is 35.2 Å². The lowest BCUT2D eigenvalue weighted by atomic mass is 9.97. The van der Waals surface area contributed by atoms with Crippen molar-refractivity contribution in [3.05, 3.63) is 47.1 Å². The molecule has 31 heavy (non-hydrogen) atoms. The van der Waals surface area contributed by atoms with Crippen LogP contribution in [0.15, 0.2) is 36.5 Å². The van der Waals surface area contributed by atoms with Gasteiger partial charge in [-0.05, 0) is 57.9 Å². The normalized spacial score (nSPS) is 17.3. The van der Waals surface area contributed by atoms with E-state index < -0.39 is 23.9 Å². The molecule has 2 aromatic rings. The number of likely N-dealkylation sites (tertiary alicyclic amines) is 1. The number of benzene rings is 1. The average Bonchev–Trinajstić information content (AvgIpc) is 3.22. The second-order valence-electron chi connectivity index (χ2n) is 7.92. The van der Waals surface area contributed by atoms with E-state index >= 15 is 0 Å². The number of ether oxygens (including phenoxy) is 1. The smallest absolute Gasteiger partial charge is 0.311 e. The maximum Gasteiger partial charge on any atom is 0.311 e. The average molecular weight is 447 g/mol. The zero-order chi connectivity index (χ0) is 22.5. The van der Waals surface area contributed by atoms with Crippen LogP contribution in [-0.4, -0.2) is 51.7 Å². The fraction of sp³-hybridized carbons (Fsp3) is 0.455. The minimum absolute atomic E-state index is 0.0783. The molecule has 2 heterocycles. The Balaban J connectivity index is 1.56. The summed E-state index contributed by atoms with van der Waals surface area (Å²) in [5.41, 5.74) is 0.521. The summed E-state index contributed by atoms with van der Waals surface area (Å²) in [5, 5.41) is 7.46. The molecule has 8 nitrogen and oxygen atoms in total. The van der Waals surface area contributed by atoms with Crippen LogP contribution >= 0.6 is 11.6 Å². The van der Waals surface area contributed by atoms with Crippen LogP contribution in [0, 0.1) is 5.92 Å². The molecular weight excluding hydrogens is 420 g/mol. The number of nitrogens with zero attached hydrogens (tertiary/aromatic N) is 3. The van der Waals surface area contributed by atoms with Crippen LogP contribution in [0.5, 0.6) is 0 Å². The van der Waals surface area contributed by atoms with Crippen molar-refractivity contribution in [3.8, 4) is 0 Å². The molecule has 0 spiro atoms. The van der Waals surface area contributed by atoms with Gasteiger partial charge in [-0.25, -0.2) is 4.68 Å². The Hall–Kier alpha value is -2.87. The van der Waals surface area contributed by atoms with E-state index in [1.165, 1.54) is 6.92 Å². The van der Waals surface area contributed by atoms with E-state index in [0.717, 1.165) is 0 Å². The number of esters is 1. The number of anilines is 1. The monoisotopic (exact) mass is 446 g/mol. The van der Waals surface area contributed by atoms with Gasteiger partial charge in [0.05, 0.1) is 12.1 Å². The quantitative estimate of drug-likeness (QED) is 0.685. The number of rotatable bonds is 6. The highest BCUT2D eigenvalue weighted by atomic mass is 35.5. The van der Waals surface area contributed by atoms with Crippen LogP contribution in [0.1, 0.15) is 50.0 Å². The molecule has 9 heteroatoms. The maximum absolute atomic E-state index is 12.7. The van der Waals surface area contributed by atoms with Crippen LogP contribution in [0.3, 0.4) is 0 Å². The molecule has 1 aliphatic rings. The van der Waals surface area contributed by atoms with Crippen molar-refractivity contribution < 1.29 is 19.1 Å². The predicted molar refractivity (Wildman–Crippen MR) is 117 cm³/mol. The van der Waals surface area contributed by atoms with Crippen molar-refractivity contribution in [2.45, 2.75) is 45.8 Å². The molecule has 3 rings (SSSR count). The Kier molecular flexibility index (Phi) is 7.33. The van der Waals surface area contributed by atoms with E-state index in [1.807, 2.05) is 13.8 Å². The van der Waals surface area contributed by atoms with E-state index in [4.69, 9.17) is 16.3 Å². The third-order valence-corrected chi connectivity index (χ3v) is 5.46. The van der Waals surface area contributed by atoms with E-state index in [2.05, 4.69) is 10.4 Å². The second kappa shape index (κ2) is 9.96. The van der Waals surface area contributed by atoms with Crippen LogP contribution in [0.4, 0.5) is 5.82 Å². The summed E-state index contributed by atoms with van der Waals surface area (Å²) in [7, 11) is 0. The third-order valence-electron chi connectivity index (χ3n) is 5.21. The molecule has 1 aliphatic heterocycles. The molecule has 1 aromatic heterocycles. The Bertz CT molecular complexity index is 941. The molecule has 0 aliphatic carbocycles. The molecule has 1 fully saturated rings. The highest BCUT2D eigenvalue weighted by Crippen LogP contribution is 2.21. The second-order valence-corrected chi connectivity index (χ2v) is 8.36. The molecule has 0 unspecified atom stereocenters. The zero-order valence-corrected chi connectivity index (χ0v) is 18.6. The molecule has 0 saturated carbocycles. The maximum atomic E-state index is 12.7. The van der Waals surface area contributed by atoms with E-state index in [1.54, 1.807) is 46.1 Å². The van der Waals surface area contributed by atoms with E-state index in [9.17, 15) is 14.4 Å². The van der Waals surface area contributed by atoms with Gasteiger partial charge in [0.15, 0.2) is 6.10 Å². The van der Waals surface area contributed by atoms with Gasteiger partial charge in [-0.1, -0.05) is 11.6 Å². The van der Waals surface area contributed by atoms with Gasteiger partial charge in [-0.15, -0.1) is 0 Å². The molecule has 1 aromatic carbocycles. The highest BCUT2D eigenvalue weighted by Gasteiger charge is 2.32. The number of carbonyl (C=O) groups excluding carboxylic acids is 3. The summed E-state index contributed by atoms with van der Waals surface area (Å²) >= 11 is 5.89. The Labute approximate surface area is 186 Å². The fourth-order valence-corrected chi connectivity index (χ4v) is 3.63. The summed E-state index contributed by atoms with van der Waals surface area (Å²) in [4.78, 5) is 39.5. The van der Waals surface area contributed by atoms with Crippen molar-refractivity contribution in [2.75, 3.05) is 18.4 Å². The summed E-state index contributed by atoms with van der Waals surface area (Å²) in [5.74, 6) is -0.988. The standard InChI is InChI=1S/C22H27ClN4O4/c1-14(2)27-19(10-11-24-27)25-20(28)15(3)31-22(30)17-5-4-12-26(13-17)21(29)16-6-8-18(23)9-7-16/h6-11,14-15,17H,4-5,12-13H2,1-3H3,(H,25,28)/t15-,17+/m1/s1. The van der Waals surface area contributed by atoms with E-state index in [-0.39, 0.29) is 18.5 Å². The lowest BCUT2D eigenvalue weighted by molar-refractivity contribution is -0.158. The van der Waals surface area contributed by atoms with Crippen molar-refractivity contribution in [1.29, 1.82) is 0 Å². The molecular formula is C22H27ClN4O4. The molecule has 2 atom stereocenters. The number of halogens is 1. The zero-order valence-electron chi connectivity index (χ0n) is 17.9. The molecule has 1 saturated heterocycles. The third kappa shape index (κ3) is 5.64. The van der Waals surface area contributed by atoms with Gasteiger partial charge in [0.1, 0.15) is 5.82 Å². The first-order valence-corrected chi connectivity index (χ1v) is 10.7. The highest BCUT2D eigenvalue weighted by molar-refractivity contribution is 6.30. The molecule has 1 N–H and O–H groups in total. The fourth-order valence-electron chi connectivity index (χ4n) is 3.51. The van der Waals surface area contributed by atoms with Gasteiger partial charge in [-0.2, -0.15) is 5.10 Å².